The molecular formula is C11H16O5. The molecule has 0 heterocycles. The van der Waals surface area contributed by atoms with Gasteiger partial charge < -0.3 is 9.47 Å². The maximum absolute atomic E-state index is 11.2. The first-order valence-corrected chi connectivity index (χ1v) is 4.89. The van der Waals surface area contributed by atoms with Gasteiger partial charge in [0.1, 0.15) is 12.2 Å². The number of carbonyl (C=O) groups excluding carboxylic acids is 3. The van der Waals surface area contributed by atoms with Gasteiger partial charge in [-0.05, 0) is 19.4 Å². The minimum atomic E-state index is -0.806. The van der Waals surface area contributed by atoms with E-state index < -0.39 is 17.7 Å². The summed E-state index contributed by atoms with van der Waals surface area (Å²) in [7, 11) is 0. The highest BCUT2D eigenvalue weighted by Crippen LogP contribution is 2.02. The van der Waals surface area contributed by atoms with Crippen LogP contribution in [0.5, 0.6) is 0 Å². The maximum Gasteiger partial charge on any atom is 0.373 e. The lowest BCUT2D eigenvalue weighted by molar-refractivity contribution is -0.152. The second kappa shape index (κ2) is 6.76. The number of ether oxygens (including phenoxy) is 2. The summed E-state index contributed by atoms with van der Waals surface area (Å²) < 4.78 is 9.30. The Kier molecular flexibility index (Phi) is 6.07. The third kappa shape index (κ3) is 6.75. The zero-order valence-electron chi connectivity index (χ0n) is 9.74. The second-order valence-corrected chi connectivity index (χ2v) is 3.77. The van der Waals surface area contributed by atoms with Gasteiger partial charge in [0.15, 0.2) is 0 Å². The molecule has 0 spiro atoms. The summed E-state index contributed by atoms with van der Waals surface area (Å²) >= 11 is 0. The molecule has 90 valence electrons. The largest absolute Gasteiger partial charge is 0.460 e. The van der Waals surface area contributed by atoms with Crippen molar-refractivity contribution in [1.82, 2.24) is 0 Å². The Balaban J connectivity index is 4.01. The molecular weight excluding hydrogens is 212 g/mol. The van der Waals surface area contributed by atoms with Gasteiger partial charge in [-0.2, -0.15) is 0 Å². The molecule has 0 saturated carbocycles. The van der Waals surface area contributed by atoms with Crippen molar-refractivity contribution in [2.75, 3.05) is 6.61 Å². The van der Waals surface area contributed by atoms with Gasteiger partial charge in [0.2, 0.25) is 5.76 Å². The lowest BCUT2D eigenvalue weighted by atomic mass is 10.2. The molecule has 0 aromatic carbocycles. The van der Waals surface area contributed by atoms with Crippen molar-refractivity contribution in [1.29, 1.82) is 0 Å². The van der Waals surface area contributed by atoms with E-state index in [0.29, 0.717) is 0 Å². The maximum atomic E-state index is 11.2. The molecule has 0 aliphatic heterocycles. The molecule has 0 N–H and O–H groups in total. The molecule has 0 rings (SSSR count). The van der Waals surface area contributed by atoms with E-state index in [1.165, 1.54) is 6.92 Å². The van der Waals surface area contributed by atoms with E-state index in [2.05, 4.69) is 11.3 Å². The predicted molar refractivity (Wildman–Crippen MR) is 56.3 cm³/mol. The third-order valence-corrected chi connectivity index (χ3v) is 1.41. The summed E-state index contributed by atoms with van der Waals surface area (Å²) in [6, 6.07) is 0. The third-order valence-electron chi connectivity index (χ3n) is 1.41. The number of hydrogen-bond acceptors (Lipinski definition) is 5. The summed E-state index contributed by atoms with van der Waals surface area (Å²) in [5, 5.41) is 0. The highest BCUT2D eigenvalue weighted by Gasteiger charge is 2.16. The van der Waals surface area contributed by atoms with Gasteiger partial charge in [-0.3, -0.25) is 9.59 Å². The zero-order valence-corrected chi connectivity index (χ0v) is 9.74. The Hall–Kier alpha value is -1.65. The first-order chi connectivity index (χ1) is 7.32. The van der Waals surface area contributed by atoms with E-state index in [1.807, 2.05) is 13.8 Å². The van der Waals surface area contributed by atoms with Crippen LogP contribution in [0.3, 0.4) is 0 Å². The van der Waals surface area contributed by atoms with Crippen molar-refractivity contribution in [3.63, 3.8) is 0 Å². The smallest absolute Gasteiger partial charge is 0.373 e. The first-order valence-electron chi connectivity index (χ1n) is 4.89. The predicted octanol–water partition coefficient (Wildman–Crippen LogP) is 1.22. The van der Waals surface area contributed by atoms with Crippen LogP contribution in [-0.2, 0) is 23.9 Å². The molecule has 0 aliphatic carbocycles. The van der Waals surface area contributed by atoms with E-state index >= 15 is 0 Å². The Labute approximate surface area is 94.4 Å². The molecule has 5 heteroatoms. The summed E-state index contributed by atoms with van der Waals surface area (Å²) in [5.41, 5.74) is 0. The van der Waals surface area contributed by atoms with Gasteiger partial charge in [0.05, 0.1) is 6.61 Å². The zero-order chi connectivity index (χ0) is 12.7. The van der Waals surface area contributed by atoms with Crippen LogP contribution in [-0.4, -0.2) is 24.3 Å². The topological polar surface area (TPSA) is 69.7 Å². The Morgan fingerprint density at radius 1 is 1.25 bits per heavy atom. The number of hydrogen-bond donors (Lipinski definition) is 0. The monoisotopic (exact) mass is 228 g/mol. The normalized spacial score (nSPS) is 9.75. The molecule has 16 heavy (non-hydrogen) atoms. The standard InChI is InChI=1S/C11H16O5/c1-7(2)6-15-11(14)9(4)16-10(13)5-8(3)12/h7H,4-6H2,1-3H3. The van der Waals surface area contributed by atoms with E-state index in [1.54, 1.807) is 0 Å². The molecule has 0 aromatic rings. The fourth-order valence-corrected chi connectivity index (χ4v) is 0.741. The van der Waals surface area contributed by atoms with Crippen molar-refractivity contribution < 1.29 is 23.9 Å². The molecule has 0 unspecified atom stereocenters. The summed E-state index contributed by atoms with van der Waals surface area (Å²) in [5.74, 6) is -2.14. The fourth-order valence-electron chi connectivity index (χ4n) is 0.741. The van der Waals surface area contributed by atoms with Crippen molar-refractivity contribution >= 4 is 17.7 Å². The highest BCUT2D eigenvalue weighted by atomic mass is 16.6. The Morgan fingerprint density at radius 2 is 1.81 bits per heavy atom. The van der Waals surface area contributed by atoms with Crippen LogP contribution in [0.1, 0.15) is 27.2 Å². The number of Topliss-reactive ketones (excluding diaryl/α,β-unsaturated/α-hetero) is 1. The number of ketones is 1. The fraction of sp³-hybridized carbons (Fsp3) is 0.545. The lowest BCUT2D eigenvalue weighted by Gasteiger charge is -2.08. The van der Waals surface area contributed by atoms with Gasteiger partial charge in [-0.1, -0.05) is 13.8 Å². The van der Waals surface area contributed by atoms with Gasteiger partial charge in [0.25, 0.3) is 0 Å². The van der Waals surface area contributed by atoms with Crippen molar-refractivity contribution in [2.45, 2.75) is 27.2 Å². The second-order valence-electron chi connectivity index (χ2n) is 3.77. The van der Waals surface area contributed by atoms with Gasteiger partial charge in [-0.15, -0.1) is 0 Å². The Bertz CT molecular complexity index is 303. The van der Waals surface area contributed by atoms with Gasteiger partial charge in [-0.25, -0.2) is 4.79 Å². The molecule has 0 radical (unpaired) electrons. The minimum Gasteiger partial charge on any atom is -0.460 e. The summed E-state index contributed by atoms with van der Waals surface area (Å²) in [6.45, 7) is 8.47. The van der Waals surface area contributed by atoms with Crippen LogP contribution >= 0.6 is 0 Å². The molecule has 0 aromatic heterocycles. The van der Waals surface area contributed by atoms with E-state index in [4.69, 9.17) is 4.74 Å². The van der Waals surface area contributed by atoms with Crippen molar-refractivity contribution in [3.8, 4) is 0 Å². The van der Waals surface area contributed by atoms with Crippen LogP contribution < -0.4 is 0 Å². The molecule has 0 saturated heterocycles. The van der Waals surface area contributed by atoms with Crippen molar-refractivity contribution in [3.05, 3.63) is 12.3 Å². The molecule has 5 nitrogen and oxygen atoms in total. The van der Waals surface area contributed by atoms with E-state index in [9.17, 15) is 14.4 Å². The van der Waals surface area contributed by atoms with Crippen LogP contribution in [0.4, 0.5) is 0 Å². The summed E-state index contributed by atoms with van der Waals surface area (Å²) in [6.07, 6.45) is -0.378. The summed E-state index contributed by atoms with van der Waals surface area (Å²) in [4.78, 5) is 32.8. The average molecular weight is 228 g/mol. The Morgan fingerprint density at radius 3 is 2.25 bits per heavy atom. The highest BCUT2D eigenvalue weighted by molar-refractivity contribution is 5.96. The molecule has 0 aliphatic rings. The minimum absolute atomic E-state index is 0.185. The lowest BCUT2D eigenvalue weighted by Crippen LogP contribution is -2.17. The van der Waals surface area contributed by atoms with E-state index in [0.717, 1.165) is 0 Å². The SMILES string of the molecule is C=C(OC(=O)CC(C)=O)C(=O)OCC(C)C. The number of carbonyl (C=O) groups is 3. The van der Waals surface area contributed by atoms with Crippen LogP contribution in [0, 0.1) is 5.92 Å². The number of rotatable bonds is 6. The first kappa shape index (κ1) is 14.3. The van der Waals surface area contributed by atoms with Crippen LogP contribution in [0.25, 0.3) is 0 Å². The van der Waals surface area contributed by atoms with Crippen LogP contribution in [0.2, 0.25) is 0 Å². The van der Waals surface area contributed by atoms with Gasteiger partial charge in [0, 0.05) is 0 Å². The molecule has 0 atom stereocenters. The van der Waals surface area contributed by atoms with E-state index in [-0.39, 0.29) is 24.7 Å². The average Bonchev–Trinajstić information content (AvgIpc) is 2.12. The van der Waals surface area contributed by atoms with Crippen LogP contribution in [0.15, 0.2) is 12.3 Å². The molecule has 0 amide bonds. The quantitative estimate of drug-likeness (QED) is 0.296. The number of esters is 2. The van der Waals surface area contributed by atoms with Crippen molar-refractivity contribution in [2.24, 2.45) is 5.92 Å². The molecule has 0 fully saturated rings. The molecule has 0 bridgehead atoms. The van der Waals surface area contributed by atoms with Gasteiger partial charge >= 0.3 is 11.9 Å².